The average molecular weight is 488 g/mol. The van der Waals surface area contributed by atoms with Crippen LogP contribution in [0.3, 0.4) is 0 Å². The maximum absolute atomic E-state index is 5.57. The van der Waals surface area contributed by atoms with Crippen molar-refractivity contribution < 1.29 is 9.47 Å². The summed E-state index contributed by atoms with van der Waals surface area (Å²) < 4.78 is 11.0. The van der Waals surface area contributed by atoms with E-state index in [1.807, 2.05) is 0 Å². The molecule has 7 heteroatoms. The van der Waals surface area contributed by atoms with Crippen molar-refractivity contribution in [2.24, 2.45) is 4.99 Å². The Labute approximate surface area is 180 Å². The van der Waals surface area contributed by atoms with Crippen molar-refractivity contribution in [3.05, 3.63) is 29.3 Å². The number of nitrogens with one attached hydrogen (secondary N) is 2. The summed E-state index contributed by atoms with van der Waals surface area (Å²) in [7, 11) is 0. The average Bonchev–Trinajstić information content (AvgIpc) is 3.14. The van der Waals surface area contributed by atoms with E-state index < -0.39 is 0 Å². The van der Waals surface area contributed by atoms with Crippen LogP contribution in [0.1, 0.15) is 24.5 Å². The van der Waals surface area contributed by atoms with Gasteiger partial charge in [-0.2, -0.15) is 0 Å². The van der Waals surface area contributed by atoms with Gasteiger partial charge in [-0.1, -0.05) is 12.1 Å². The number of ether oxygens (including phenoxy) is 2. The molecule has 0 saturated carbocycles. The van der Waals surface area contributed by atoms with Crippen LogP contribution >= 0.6 is 24.0 Å². The molecule has 0 amide bonds. The third kappa shape index (κ3) is 7.46. The van der Waals surface area contributed by atoms with E-state index in [0.29, 0.717) is 0 Å². The van der Waals surface area contributed by atoms with Crippen molar-refractivity contribution in [3.63, 3.8) is 0 Å². The van der Waals surface area contributed by atoms with Gasteiger partial charge in [0.2, 0.25) is 0 Å². The lowest BCUT2D eigenvalue weighted by atomic mass is 10.1. The fourth-order valence-electron chi connectivity index (χ4n) is 3.37. The molecule has 1 fully saturated rings. The van der Waals surface area contributed by atoms with Crippen LogP contribution in [0.25, 0.3) is 0 Å². The zero-order valence-electron chi connectivity index (χ0n) is 16.3. The van der Waals surface area contributed by atoms with Crippen LogP contribution in [0.5, 0.6) is 5.75 Å². The van der Waals surface area contributed by atoms with Gasteiger partial charge in [0.25, 0.3) is 0 Å². The largest absolute Gasteiger partial charge is 0.493 e. The summed E-state index contributed by atoms with van der Waals surface area (Å²) in [4.78, 5) is 7.16. The van der Waals surface area contributed by atoms with Gasteiger partial charge in [-0.3, -0.25) is 9.89 Å². The molecule has 1 saturated heterocycles. The molecule has 2 aliphatic rings. The summed E-state index contributed by atoms with van der Waals surface area (Å²) >= 11 is 0. The van der Waals surface area contributed by atoms with Gasteiger partial charge in [-0.25, -0.2) is 0 Å². The molecule has 2 N–H and O–H groups in total. The van der Waals surface area contributed by atoms with Crippen LogP contribution in [0.15, 0.2) is 23.2 Å². The molecule has 1 aromatic carbocycles. The summed E-state index contributed by atoms with van der Waals surface area (Å²) in [5, 5.41) is 6.78. The second kappa shape index (κ2) is 12.4. The number of halogens is 1. The molecule has 0 aromatic heterocycles. The Hall–Kier alpha value is -1.06. The number of hydrogen-bond acceptors (Lipinski definition) is 4. The third-order valence-corrected chi connectivity index (χ3v) is 4.81. The SMILES string of the molecule is CCNC(=NCCCN1CCOCC1)NCCc1ccc2c(c1)CCO2.I. The number of hydrogen-bond donors (Lipinski definition) is 2. The number of morpholine rings is 1. The Morgan fingerprint density at radius 2 is 2.04 bits per heavy atom. The Morgan fingerprint density at radius 1 is 1.19 bits per heavy atom. The van der Waals surface area contributed by atoms with E-state index in [2.05, 4.69) is 40.7 Å². The maximum Gasteiger partial charge on any atom is 0.191 e. The monoisotopic (exact) mass is 488 g/mol. The predicted molar refractivity (Wildman–Crippen MR) is 121 cm³/mol. The Morgan fingerprint density at radius 3 is 2.85 bits per heavy atom. The topological polar surface area (TPSA) is 58.1 Å². The van der Waals surface area contributed by atoms with Crippen molar-refractivity contribution in [2.75, 3.05) is 59.1 Å². The van der Waals surface area contributed by atoms with E-state index >= 15 is 0 Å². The summed E-state index contributed by atoms with van der Waals surface area (Å²) in [5.74, 6) is 1.97. The number of fused-ring (bicyclic) bond motifs is 1. The summed E-state index contributed by atoms with van der Waals surface area (Å²) in [6.45, 7) is 10.5. The first-order valence-electron chi connectivity index (χ1n) is 9.92. The van der Waals surface area contributed by atoms with E-state index in [1.54, 1.807) is 0 Å². The van der Waals surface area contributed by atoms with Gasteiger partial charge in [0, 0.05) is 45.7 Å². The molecule has 2 heterocycles. The van der Waals surface area contributed by atoms with Gasteiger partial charge >= 0.3 is 0 Å². The first kappa shape index (κ1) is 22.2. The summed E-state index contributed by atoms with van der Waals surface area (Å²) in [6, 6.07) is 6.54. The molecule has 0 unspecified atom stereocenters. The number of guanidine groups is 1. The quantitative estimate of drug-likeness (QED) is 0.254. The number of nitrogens with zero attached hydrogens (tertiary/aromatic N) is 2. The second-order valence-electron chi connectivity index (χ2n) is 6.79. The smallest absolute Gasteiger partial charge is 0.191 e. The minimum atomic E-state index is 0. The fraction of sp³-hybridized carbons (Fsp3) is 0.650. The lowest BCUT2D eigenvalue weighted by molar-refractivity contribution is 0.0377. The minimum Gasteiger partial charge on any atom is -0.493 e. The first-order valence-corrected chi connectivity index (χ1v) is 9.92. The molecule has 0 bridgehead atoms. The van der Waals surface area contributed by atoms with Crippen molar-refractivity contribution in [2.45, 2.75) is 26.2 Å². The van der Waals surface area contributed by atoms with Crippen molar-refractivity contribution in [3.8, 4) is 5.75 Å². The first-order chi connectivity index (χ1) is 12.8. The lowest BCUT2D eigenvalue weighted by Gasteiger charge is -2.26. The van der Waals surface area contributed by atoms with Gasteiger partial charge < -0.3 is 20.1 Å². The number of benzene rings is 1. The minimum absolute atomic E-state index is 0. The van der Waals surface area contributed by atoms with Crippen LogP contribution in [0.2, 0.25) is 0 Å². The van der Waals surface area contributed by atoms with E-state index in [0.717, 1.165) is 90.1 Å². The van der Waals surface area contributed by atoms with Crippen molar-refractivity contribution in [1.29, 1.82) is 0 Å². The third-order valence-electron chi connectivity index (χ3n) is 4.81. The van der Waals surface area contributed by atoms with E-state index in [-0.39, 0.29) is 24.0 Å². The van der Waals surface area contributed by atoms with Crippen LogP contribution in [0, 0.1) is 0 Å². The van der Waals surface area contributed by atoms with E-state index in [1.165, 1.54) is 11.1 Å². The molecule has 0 aliphatic carbocycles. The Kier molecular flexibility index (Phi) is 10.2. The Bertz CT molecular complexity index is 591. The lowest BCUT2D eigenvalue weighted by Crippen LogP contribution is -2.39. The molecule has 6 nitrogen and oxygen atoms in total. The predicted octanol–water partition coefficient (Wildman–Crippen LogP) is 2.06. The van der Waals surface area contributed by atoms with Crippen LogP contribution < -0.4 is 15.4 Å². The zero-order chi connectivity index (χ0) is 18.0. The summed E-state index contributed by atoms with van der Waals surface area (Å²) in [6.07, 6.45) is 3.11. The van der Waals surface area contributed by atoms with Crippen LogP contribution in [-0.2, 0) is 17.6 Å². The van der Waals surface area contributed by atoms with Crippen LogP contribution in [0.4, 0.5) is 0 Å². The van der Waals surface area contributed by atoms with Gasteiger partial charge in [0.15, 0.2) is 5.96 Å². The summed E-state index contributed by atoms with van der Waals surface area (Å²) in [5.41, 5.74) is 2.69. The van der Waals surface area contributed by atoms with Crippen molar-refractivity contribution in [1.82, 2.24) is 15.5 Å². The van der Waals surface area contributed by atoms with Gasteiger partial charge in [-0.15, -0.1) is 24.0 Å². The second-order valence-corrected chi connectivity index (χ2v) is 6.79. The zero-order valence-corrected chi connectivity index (χ0v) is 18.7. The highest BCUT2D eigenvalue weighted by atomic mass is 127. The molecule has 3 rings (SSSR count). The highest BCUT2D eigenvalue weighted by Gasteiger charge is 2.12. The van der Waals surface area contributed by atoms with Gasteiger partial charge in [-0.05, 0) is 37.0 Å². The molecule has 0 spiro atoms. The molecule has 0 atom stereocenters. The van der Waals surface area contributed by atoms with Crippen molar-refractivity contribution >= 4 is 29.9 Å². The molecular formula is C20H33IN4O2. The molecule has 2 aliphatic heterocycles. The highest BCUT2D eigenvalue weighted by molar-refractivity contribution is 14.0. The Balaban J connectivity index is 0.00000261. The van der Waals surface area contributed by atoms with E-state index in [4.69, 9.17) is 14.5 Å². The van der Waals surface area contributed by atoms with Gasteiger partial charge in [0.1, 0.15) is 5.75 Å². The molecule has 0 radical (unpaired) electrons. The number of rotatable bonds is 8. The van der Waals surface area contributed by atoms with E-state index in [9.17, 15) is 0 Å². The van der Waals surface area contributed by atoms with Crippen LogP contribution in [-0.4, -0.2) is 69.9 Å². The normalized spacial score (nSPS) is 17.0. The number of aliphatic imine (C=N–C) groups is 1. The molecule has 1 aromatic rings. The molecule has 152 valence electrons. The fourth-order valence-corrected chi connectivity index (χ4v) is 3.37. The molecule has 27 heavy (non-hydrogen) atoms. The highest BCUT2D eigenvalue weighted by Crippen LogP contribution is 2.25. The molecular weight excluding hydrogens is 455 g/mol. The standard InChI is InChI=1S/C20H32N4O2.HI/c1-2-21-20(22-8-3-10-24-11-14-25-15-12-24)23-9-6-17-4-5-19-18(16-17)7-13-26-19;/h4-5,16H,2-3,6-15H2,1H3,(H2,21,22,23);1H. The maximum atomic E-state index is 5.57. The van der Waals surface area contributed by atoms with Gasteiger partial charge in [0.05, 0.1) is 19.8 Å².